The van der Waals surface area contributed by atoms with Crippen molar-refractivity contribution in [1.29, 1.82) is 0 Å². The normalized spacial score (nSPS) is 21.5. The number of anilines is 2. The van der Waals surface area contributed by atoms with Crippen molar-refractivity contribution in [2.45, 2.75) is 56.4 Å². The van der Waals surface area contributed by atoms with Gasteiger partial charge in [-0.15, -0.1) is 0 Å². The average molecular weight is 473 g/mol. The van der Waals surface area contributed by atoms with Crippen LogP contribution in [0.4, 0.5) is 11.4 Å². The number of sulfonamides is 1. The van der Waals surface area contributed by atoms with Crippen LogP contribution in [0.15, 0.2) is 83.8 Å². The summed E-state index contributed by atoms with van der Waals surface area (Å²) in [6.07, 6.45) is 5.45. The van der Waals surface area contributed by atoms with E-state index >= 15 is 0 Å². The van der Waals surface area contributed by atoms with E-state index in [4.69, 9.17) is 0 Å². The minimum Gasteiger partial charge on any atom is -0.378 e. The first kappa shape index (κ1) is 22.7. The molecule has 2 aliphatic rings. The van der Waals surface area contributed by atoms with Crippen molar-refractivity contribution >= 4 is 21.4 Å². The molecule has 5 heteroatoms. The molecule has 0 aromatic heterocycles. The largest absolute Gasteiger partial charge is 0.378 e. The molecule has 0 saturated heterocycles. The molecule has 2 N–H and O–H groups in total. The number of aryl methyl sites for hydroxylation is 1. The van der Waals surface area contributed by atoms with Crippen LogP contribution in [-0.4, -0.2) is 8.42 Å². The molecule has 0 radical (unpaired) electrons. The summed E-state index contributed by atoms with van der Waals surface area (Å²) >= 11 is 0. The van der Waals surface area contributed by atoms with Crippen molar-refractivity contribution < 1.29 is 8.42 Å². The highest BCUT2D eigenvalue weighted by Gasteiger charge is 2.38. The van der Waals surface area contributed by atoms with Crippen molar-refractivity contribution in [3.63, 3.8) is 0 Å². The Labute approximate surface area is 203 Å². The Kier molecular flexibility index (Phi) is 5.56. The molecule has 34 heavy (non-hydrogen) atoms. The maximum atomic E-state index is 13.1. The maximum absolute atomic E-state index is 13.1. The summed E-state index contributed by atoms with van der Waals surface area (Å²) in [6, 6.07) is 22.0. The van der Waals surface area contributed by atoms with E-state index in [0.29, 0.717) is 16.5 Å². The predicted molar refractivity (Wildman–Crippen MR) is 140 cm³/mol. The van der Waals surface area contributed by atoms with Gasteiger partial charge < -0.3 is 5.32 Å². The summed E-state index contributed by atoms with van der Waals surface area (Å²) in [7, 11) is -3.68. The summed E-state index contributed by atoms with van der Waals surface area (Å²) in [5.74, 6) is 0.549. The third-order valence-electron chi connectivity index (χ3n) is 7.05. The molecule has 0 bridgehead atoms. The van der Waals surface area contributed by atoms with Crippen molar-refractivity contribution in [2.24, 2.45) is 5.92 Å². The first-order valence-corrected chi connectivity index (χ1v) is 13.4. The quantitative estimate of drug-likeness (QED) is 0.405. The average Bonchev–Trinajstić information content (AvgIpc) is 3.28. The van der Waals surface area contributed by atoms with E-state index < -0.39 is 10.0 Å². The van der Waals surface area contributed by atoms with Crippen LogP contribution in [0.3, 0.4) is 0 Å². The molecule has 0 spiro atoms. The molecule has 4 nitrogen and oxygen atoms in total. The third-order valence-corrected chi connectivity index (χ3v) is 8.43. The first-order chi connectivity index (χ1) is 16.1. The van der Waals surface area contributed by atoms with E-state index in [1.807, 2.05) is 37.3 Å². The van der Waals surface area contributed by atoms with Crippen LogP contribution in [0.5, 0.6) is 0 Å². The van der Waals surface area contributed by atoms with Gasteiger partial charge in [-0.2, -0.15) is 0 Å². The van der Waals surface area contributed by atoms with Gasteiger partial charge in [0.05, 0.1) is 10.9 Å². The zero-order valence-electron chi connectivity index (χ0n) is 20.2. The Hall–Kier alpha value is -3.05. The third kappa shape index (κ3) is 4.25. The lowest BCUT2D eigenvalue weighted by Gasteiger charge is -2.38. The standard InChI is InChI=1S/C29H32N2O2S/c1-19-7-5-8-22(17-19)31-34(32,33)23-15-16-27-26(18-23)24-9-6-10-25(24)28(30-27)20-11-13-21(14-12-20)29(2,3)4/h5-9,11-18,24-25,28,30-31H,10H2,1-4H3/t24-,25+,28+/m1/s1. The molecule has 176 valence electrons. The van der Waals surface area contributed by atoms with Crippen molar-refractivity contribution in [1.82, 2.24) is 0 Å². The van der Waals surface area contributed by atoms with E-state index in [1.54, 1.807) is 12.1 Å². The van der Waals surface area contributed by atoms with Gasteiger partial charge >= 0.3 is 0 Å². The Balaban J connectivity index is 1.46. The van der Waals surface area contributed by atoms with Gasteiger partial charge in [-0.1, -0.05) is 69.3 Å². The lowest BCUT2D eigenvalue weighted by Crippen LogP contribution is -2.29. The van der Waals surface area contributed by atoms with E-state index in [1.165, 1.54) is 11.1 Å². The lowest BCUT2D eigenvalue weighted by atomic mass is 9.76. The Morgan fingerprint density at radius 1 is 0.971 bits per heavy atom. The van der Waals surface area contributed by atoms with Crippen LogP contribution in [0.1, 0.15) is 61.4 Å². The zero-order valence-corrected chi connectivity index (χ0v) is 21.0. The van der Waals surface area contributed by atoms with Crippen LogP contribution in [0.25, 0.3) is 0 Å². The van der Waals surface area contributed by atoms with Crippen molar-refractivity contribution in [3.05, 3.63) is 101 Å². The second-order valence-corrected chi connectivity index (χ2v) is 12.3. The summed E-state index contributed by atoms with van der Waals surface area (Å²) in [5, 5.41) is 3.72. The van der Waals surface area contributed by atoms with Crippen LogP contribution in [0, 0.1) is 12.8 Å². The molecule has 1 heterocycles. The number of hydrogen-bond donors (Lipinski definition) is 2. The number of nitrogens with one attached hydrogen (secondary N) is 2. The summed E-state index contributed by atoms with van der Waals surface area (Å²) in [5.41, 5.74) is 6.36. The second-order valence-electron chi connectivity index (χ2n) is 10.6. The minimum atomic E-state index is -3.68. The SMILES string of the molecule is Cc1cccc(NS(=O)(=O)c2ccc3c(c2)[C@@H]2C=CC[C@@H]2[C@H](c2ccc(C(C)(C)C)cc2)N3)c1. The highest BCUT2D eigenvalue weighted by Crippen LogP contribution is 2.50. The molecule has 1 aliphatic carbocycles. The lowest BCUT2D eigenvalue weighted by molar-refractivity contribution is 0.425. The number of benzene rings is 3. The Bertz CT molecular complexity index is 1350. The van der Waals surface area contributed by atoms with Gasteiger partial charge in [-0.3, -0.25) is 4.72 Å². The van der Waals surface area contributed by atoms with Crippen LogP contribution in [-0.2, 0) is 15.4 Å². The van der Waals surface area contributed by atoms with Gasteiger partial charge in [0.2, 0.25) is 0 Å². The first-order valence-electron chi connectivity index (χ1n) is 11.9. The highest BCUT2D eigenvalue weighted by atomic mass is 32.2. The number of allylic oxidation sites excluding steroid dienone is 2. The molecule has 5 rings (SSSR count). The summed E-state index contributed by atoms with van der Waals surface area (Å²) in [6.45, 7) is 8.64. The van der Waals surface area contributed by atoms with E-state index in [2.05, 4.69) is 67.2 Å². The second kappa shape index (κ2) is 8.31. The molecule has 0 saturated carbocycles. The van der Waals surface area contributed by atoms with Gasteiger partial charge in [-0.05, 0) is 77.3 Å². The fourth-order valence-corrected chi connectivity index (χ4v) is 6.27. The van der Waals surface area contributed by atoms with E-state index in [9.17, 15) is 8.42 Å². The number of rotatable bonds is 4. The molecule has 0 amide bonds. The number of fused-ring (bicyclic) bond motifs is 3. The van der Waals surface area contributed by atoms with Gasteiger partial charge in [0, 0.05) is 17.3 Å². The fraction of sp³-hybridized carbons (Fsp3) is 0.310. The molecule has 0 fully saturated rings. The highest BCUT2D eigenvalue weighted by molar-refractivity contribution is 7.92. The summed E-state index contributed by atoms with van der Waals surface area (Å²) < 4.78 is 29.0. The van der Waals surface area contributed by atoms with Gasteiger partial charge in [0.15, 0.2) is 0 Å². The Morgan fingerprint density at radius 2 is 1.74 bits per heavy atom. The van der Waals surface area contributed by atoms with Crippen molar-refractivity contribution in [3.8, 4) is 0 Å². The molecule has 3 atom stereocenters. The molecule has 3 aromatic rings. The molecular formula is C29H32N2O2S. The maximum Gasteiger partial charge on any atom is 0.261 e. The molecule has 0 unspecified atom stereocenters. The van der Waals surface area contributed by atoms with Gasteiger partial charge in [0.1, 0.15) is 0 Å². The van der Waals surface area contributed by atoms with Crippen molar-refractivity contribution in [2.75, 3.05) is 10.0 Å². The topological polar surface area (TPSA) is 58.2 Å². The van der Waals surface area contributed by atoms with Crippen LogP contribution < -0.4 is 10.0 Å². The monoisotopic (exact) mass is 472 g/mol. The molecule has 3 aromatic carbocycles. The minimum absolute atomic E-state index is 0.122. The smallest absolute Gasteiger partial charge is 0.261 e. The van der Waals surface area contributed by atoms with Gasteiger partial charge in [0.25, 0.3) is 10.0 Å². The molecule has 1 aliphatic heterocycles. The summed E-state index contributed by atoms with van der Waals surface area (Å²) in [4.78, 5) is 0.293. The van der Waals surface area contributed by atoms with Gasteiger partial charge in [-0.25, -0.2) is 8.42 Å². The van der Waals surface area contributed by atoms with E-state index in [0.717, 1.165) is 23.2 Å². The predicted octanol–water partition coefficient (Wildman–Crippen LogP) is 6.92. The van der Waals surface area contributed by atoms with Crippen LogP contribution >= 0.6 is 0 Å². The fourth-order valence-electron chi connectivity index (χ4n) is 5.18. The zero-order chi connectivity index (χ0) is 24.1. The van der Waals surface area contributed by atoms with Crippen LogP contribution in [0.2, 0.25) is 0 Å². The van der Waals surface area contributed by atoms with E-state index in [-0.39, 0.29) is 17.4 Å². The number of hydrogen-bond acceptors (Lipinski definition) is 3. The Morgan fingerprint density at radius 3 is 2.44 bits per heavy atom. The molecular weight excluding hydrogens is 440 g/mol.